The van der Waals surface area contributed by atoms with Gasteiger partial charge in [0, 0.05) is 11.4 Å². The highest BCUT2D eigenvalue weighted by Crippen LogP contribution is 2.17. The highest BCUT2D eigenvalue weighted by Gasteiger charge is 2.26. The van der Waals surface area contributed by atoms with Crippen LogP contribution in [0.15, 0.2) is 65.7 Å². The summed E-state index contributed by atoms with van der Waals surface area (Å²) in [6, 6.07) is 15.0. The van der Waals surface area contributed by atoms with E-state index in [0.717, 1.165) is 16.9 Å². The highest BCUT2D eigenvalue weighted by atomic mass is 16.5. The lowest BCUT2D eigenvalue weighted by Crippen LogP contribution is -2.29. The molecule has 6 nitrogen and oxygen atoms in total. The molecular formula is C22H22N2O4. The molecule has 0 fully saturated rings. The average molecular weight is 378 g/mol. The largest absolute Gasteiger partial charge is 0.497 e. The molecule has 0 aliphatic carbocycles. The van der Waals surface area contributed by atoms with Gasteiger partial charge in [-0.3, -0.25) is 9.59 Å². The maximum absolute atomic E-state index is 12.4. The molecule has 0 radical (unpaired) electrons. The van der Waals surface area contributed by atoms with E-state index < -0.39 is 17.7 Å². The Balaban J connectivity index is 1.54. The second kappa shape index (κ2) is 9.10. The number of amides is 2. The van der Waals surface area contributed by atoms with Crippen molar-refractivity contribution >= 4 is 23.2 Å². The van der Waals surface area contributed by atoms with Gasteiger partial charge in [-0.25, -0.2) is 4.99 Å². The lowest BCUT2D eigenvalue weighted by Gasteiger charge is -2.14. The SMILES string of the molecule is COc1ccc(COCc2cccc(NC(=O)C3C=CC(C)=NC3=O)c2)cc1. The Bertz CT molecular complexity index is 916. The molecule has 6 heteroatoms. The summed E-state index contributed by atoms with van der Waals surface area (Å²) in [5.41, 5.74) is 3.18. The normalized spacial score (nSPS) is 15.9. The number of hydrogen-bond donors (Lipinski definition) is 1. The van der Waals surface area contributed by atoms with E-state index in [4.69, 9.17) is 9.47 Å². The molecule has 1 heterocycles. The van der Waals surface area contributed by atoms with Gasteiger partial charge in [0.15, 0.2) is 0 Å². The van der Waals surface area contributed by atoms with Crippen LogP contribution in [0.5, 0.6) is 5.75 Å². The van der Waals surface area contributed by atoms with E-state index in [1.54, 1.807) is 32.3 Å². The zero-order valence-electron chi connectivity index (χ0n) is 15.8. The number of dihydropyridines is 1. The summed E-state index contributed by atoms with van der Waals surface area (Å²) >= 11 is 0. The van der Waals surface area contributed by atoms with Gasteiger partial charge in [-0.05, 0) is 48.4 Å². The molecule has 144 valence electrons. The van der Waals surface area contributed by atoms with Crippen molar-refractivity contribution < 1.29 is 19.1 Å². The maximum Gasteiger partial charge on any atom is 0.262 e. The first-order valence-corrected chi connectivity index (χ1v) is 8.93. The van der Waals surface area contributed by atoms with Crippen LogP contribution in [-0.4, -0.2) is 24.6 Å². The Morgan fingerprint density at radius 2 is 1.86 bits per heavy atom. The van der Waals surface area contributed by atoms with E-state index in [0.29, 0.717) is 24.6 Å². The fraction of sp³-hybridized carbons (Fsp3) is 0.227. The van der Waals surface area contributed by atoms with Gasteiger partial charge in [-0.1, -0.05) is 30.3 Å². The topological polar surface area (TPSA) is 77.0 Å². The predicted molar refractivity (Wildman–Crippen MR) is 107 cm³/mol. The molecular weight excluding hydrogens is 356 g/mol. The number of carbonyl (C=O) groups is 2. The number of methoxy groups -OCH3 is 1. The molecule has 1 aliphatic rings. The smallest absolute Gasteiger partial charge is 0.262 e. The molecule has 1 N–H and O–H groups in total. The van der Waals surface area contributed by atoms with E-state index in [9.17, 15) is 9.59 Å². The Morgan fingerprint density at radius 3 is 2.57 bits per heavy atom. The third-order valence-electron chi connectivity index (χ3n) is 4.26. The van der Waals surface area contributed by atoms with Gasteiger partial charge in [0.1, 0.15) is 11.7 Å². The van der Waals surface area contributed by atoms with Crippen molar-refractivity contribution in [2.75, 3.05) is 12.4 Å². The first kappa shape index (κ1) is 19.5. The summed E-state index contributed by atoms with van der Waals surface area (Å²) in [5, 5.41) is 2.77. The molecule has 2 aromatic rings. The summed E-state index contributed by atoms with van der Waals surface area (Å²) in [4.78, 5) is 28.1. The Hall–Kier alpha value is -3.25. The van der Waals surface area contributed by atoms with Gasteiger partial charge in [0.2, 0.25) is 5.91 Å². The number of anilines is 1. The van der Waals surface area contributed by atoms with Gasteiger partial charge in [-0.15, -0.1) is 0 Å². The van der Waals surface area contributed by atoms with Gasteiger partial charge >= 0.3 is 0 Å². The average Bonchev–Trinajstić information content (AvgIpc) is 2.68. The number of rotatable bonds is 7. The minimum absolute atomic E-state index is 0.395. The van der Waals surface area contributed by atoms with Crippen LogP contribution in [0.25, 0.3) is 0 Å². The van der Waals surface area contributed by atoms with E-state index in [2.05, 4.69) is 10.3 Å². The van der Waals surface area contributed by atoms with Crippen molar-refractivity contribution in [3.8, 4) is 5.75 Å². The van der Waals surface area contributed by atoms with Gasteiger partial charge in [0.25, 0.3) is 5.91 Å². The predicted octanol–water partition coefficient (Wildman–Crippen LogP) is 3.52. The molecule has 2 amide bonds. The van der Waals surface area contributed by atoms with Crippen molar-refractivity contribution in [3.63, 3.8) is 0 Å². The van der Waals surface area contributed by atoms with E-state index >= 15 is 0 Å². The highest BCUT2D eigenvalue weighted by molar-refractivity contribution is 6.15. The van der Waals surface area contributed by atoms with E-state index in [-0.39, 0.29) is 0 Å². The summed E-state index contributed by atoms with van der Waals surface area (Å²) in [6.45, 7) is 2.60. The fourth-order valence-electron chi connectivity index (χ4n) is 2.77. The summed E-state index contributed by atoms with van der Waals surface area (Å²) in [7, 11) is 1.63. The first-order chi connectivity index (χ1) is 13.5. The second-order valence-electron chi connectivity index (χ2n) is 6.46. The lowest BCUT2D eigenvalue weighted by molar-refractivity contribution is -0.128. The molecule has 3 rings (SSSR count). The van der Waals surface area contributed by atoms with Crippen LogP contribution in [0.1, 0.15) is 18.1 Å². The molecule has 0 aromatic heterocycles. The summed E-state index contributed by atoms with van der Waals surface area (Å²) in [5.74, 6) is -0.928. The number of benzene rings is 2. The molecule has 1 aliphatic heterocycles. The second-order valence-corrected chi connectivity index (χ2v) is 6.46. The quantitative estimate of drug-likeness (QED) is 0.748. The van der Waals surface area contributed by atoms with Crippen molar-refractivity contribution in [1.29, 1.82) is 0 Å². The van der Waals surface area contributed by atoms with Crippen LogP contribution in [0.4, 0.5) is 5.69 Å². The minimum atomic E-state index is -0.890. The Kier molecular flexibility index (Phi) is 6.34. The van der Waals surface area contributed by atoms with Crippen LogP contribution in [0.3, 0.4) is 0 Å². The van der Waals surface area contributed by atoms with Crippen LogP contribution < -0.4 is 10.1 Å². The summed E-state index contributed by atoms with van der Waals surface area (Å²) in [6.07, 6.45) is 3.25. The van der Waals surface area contributed by atoms with Gasteiger partial charge in [-0.2, -0.15) is 0 Å². The third kappa shape index (κ3) is 5.14. The Labute approximate surface area is 163 Å². The number of ether oxygens (including phenoxy) is 2. The number of nitrogens with zero attached hydrogens (tertiary/aromatic N) is 1. The molecule has 28 heavy (non-hydrogen) atoms. The number of allylic oxidation sites excluding steroid dienone is 1. The molecule has 2 aromatic carbocycles. The number of carbonyl (C=O) groups excluding carboxylic acids is 2. The van der Waals surface area contributed by atoms with Crippen LogP contribution in [0.2, 0.25) is 0 Å². The lowest BCUT2D eigenvalue weighted by atomic mass is 10.0. The van der Waals surface area contributed by atoms with E-state index in [1.807, 2.05) is 42.5 Å². The van der Waals surface area contributed by atoms with E-state index in [1.165, 1.54) is 0 Å². The zero-order valence-corrected chi connectivity index (χ0v) is 15.8. The zero-order chi connectivity index (χ0) is 19.9. The molecule has 1 unspecified atom stereocenters. The van der Waals surface area contributed by atoms with Crippen molar-refractivity contribution in [2.24, 2.45) is 10.9 Å². The van der Waals surface area contributed by atoms with Crippen LogP contribution in [0, 0.1) is 5.92 Å². The number of nitrogens with one attached hydrogen (secondary N) is 1. The number of aliphatic imine (C=N–C) groups is 1. The monoisotopic (exact) mass is 378 g/mol. The van der Waals surface area contributed by atoms with Crippen LogP contribution >= 0.6 is 0 Å². The molecule has 0 saturated carbocycles. The summed E-state index contributed by atoms with van der Waals surface area (Å²) < 4.78 is 10.9. The van der Waals surface area contributed by atoms with Crippen LogP contribution in [-0.2, 0) is 27.5 Å². The Morgan fingerprint density at radius 1 is 1.11 bits per heavy atom. The molecule has 0 saturated heterocycles. The molecule has 0 bridgehead atoms. The first-order valence-electron chi connectivity index (χ1n) is 8.93. The molecule has 0 spiro atoms. The van der Waals surface area contributed by atoms with Crippen molar-refractivity contribution in [1.82, 2.24) is 0 Å². The van der Waals surface area contributed by atoms with Gasteiger partial charge in [0.05, 0.1) is 20.3 Å². The third-order valence-corrected chi connectivity index (χ3v) is 4.26. The number of hydrogen-bond acceptors (Lipinski definition) is 4. The maximum atomic E-state index is 12.4. The molecule has 1 atom stereocenters. The van der Waals surface area contributed by atoms with Crippen molar-refractivity contribution in [2.45, 2.75) is 20.1 Å². The van der Waals surface area contributed by atoms with Crippen molar-refractivity contribution in [3.05, 3.63) is 71.8 Å². The minimum Gasteiger partial charge on any atom is -0.497 e. The van der Waals surface area contributed by atoms with Gasteiger partial charge < -0.3 is 14.8 Å². The fourth-order valence-corrected chi connectivity index (χ4v) is 2.77. The standard InChI is InChI=1S/C22H22N2O4/c1-15-6-11-20(21(25)23-15)22(26)24-18-5-3-4-17(12-18)14-28-13-16-7-9-19(27-2)10-8-16/h3-12,20H,13-14H2,1-2H3,(H,24,26).